The molecule has 0 saturated heterocycles. The fourth-order valence-electron chi connectivity index (χ4n) is 2.38. The van der Waals surface area contributed by atoms with Crippen molar-refractivity contribution in [1.29, 1.82) is 0 Å². The zero-order chi connectivity index (χ0) is 16.2. The van der Waals surface area contributed by atoms with Crippen LogP contribution in [0.25, 0.3) is 0 Å². The van der Waals surface area contributed by atoms with Crippen LogP contribution in [0.5, 0.6) is 0 Å². The van der Waals surface area contributed by atoms with Gasteiger partial charge in [-0.15, -0.1) is 0 Å². The van der Waals surface area contributed by atoms with Crippen molar-refractivity contribution in [2.75, 3.05) is 5.32 Å². The molecule has 3 nitrogen and oxygen atoms in total. The lowest BCUT2D eigenvalue weighted by Gasteiger charge is -2.24. The molecule has 0 radical (unpaired) electrons. The van der Waals surface area contributed by atoms with Crippen LogP contribution in [0.3, 0.4) is 0 Å². The minimum absolute atomic E-state index is 0.0182. The molecule has 0 aliphatic carbocycles. The van der Waals surface area contributed by atoms with E-state index in [1.807, 2.05) is 13.8 Å². The first kappa shape index (κ1) is 16.2. The molecule has 1 N–H and O–H groups in total. The normalized spacial score (nSPS) is 11.5. The van der Waals surface area contributed by atoms with Gasteiger partial charge in [0.1, 0.15) is 0 Å². The number of rotatable bonds is 5. The highest BCUT2D eigenvalue weighted by Gasteiger charge is 2.29. The molecule has 3 heteroatoms. The van der Waals surface area contributed by atoms with Crippen molar-refractivity contribution < 1.29 is 4.79 Å². The fraction of sp³-hybridized carbons (Fsp3) is 0.368. The van der Waals surface area contributed by atoms with Crippen LogP contribution in [0.2, 0.25) is 0 Å². The zero-order valence-corrected chi connectivity index (χ0v) is 13.8. The van der Waals surface area contributed by atoms with Crippen molar-refractivity contribution in [3.8, 4) is 0 Å². The van der Waals surface area contributed by atoms with Gasteiger partial charge in [0.15, 0.2) is 0 Å². The molecule has 0 saturated carbocycles. The van der Waals surface area contributed by atoms with Crippen molar-refractivity contribution in [2.24, 2.45) is 5.92 Å². The highest BCUT2D eigenvalue weighted by atomic mass is 16.2. The monoisotopic (exact) mass is 296 g/mol. The second-order valence-corrected chi connectivity index (χ2v) is 6.61. The topological polar surface area (TPSA) is 42.0 Å². The number of anilines is 1. The molecule has 0 atom stereocenters. The summed E-state index contributed by atoms with van der Waals surface area (Å²) in [6.45, 7) is 8.31. The van der Waals surface area contributed by atoms with Crippen LogP contribution < -0.4 is 5.32 Å². The minimum Gasteiger partial charge on any atom is -0.325 e. The van der Waals surface area contributed by atoms with Crippen LogP contribution in [0.1, 0.15) is 38.8 Å². The molecule has 1 aromatic carbocycles. The van der Waals surface area contributed by atoms with E-state index in [1.165, 1.54) is 5.56 Å². The molecule has 22 heavy (non-hydrogen) atoms. The summed E-state index contributed by atoms with van der Waals surface area (Å²) in [4.78, 5) is 16.5. The Bertz CT molecular complexity index is 616. The Labute approximate surface area is 132 Å². The molecule has 0 aliphatic heterocycles. The third-order valence-corrected chi connectivity index (χ3v) is 3.83. The summed E-state index contributed by atoms with van der Waals surface area (Å²) in [6.07, 6.45) is 4.40. The van der Waals surface area contributed by atoms with E-state index >= 15 is 0 Å². The van der Waals surface area contributed by atoms with Crippen LogP contribution in [-0.2, 0) is 16.6 Å². The van der Waals surface area contributed by atoms with E-state index in [-0.39, 0.29) is 5.91 Å². The number of carbonyl (C=O) groups excluding carboxylic acids is 1. The van der Waals surface area contributed by atoms with E-state index < -0.39 is 5.41 Å². The Hall–Kier alpha value is -2.16. The van der Waals surface area contributed by atoms with E-state index in [0.29, 0.717) is 5.92 Å². The molecule has 1 heterocycles. The highest BCUT2D eigenvalue weighted by molar-refractivity contribution is 5.98. The van der Waals surface area contributed by atoms with E-state index in [1.54, 1.807) is 24.5 Å². The summed E-state index contributed by atoms with van der Waals surface area (Å²) in [5, 5.41) is 2.95. The van der Waals surface area contributed by atoms with Crippen molar-refractivity contribution >= 4 is 11.6 Å². The van der Waals surface area contributed by atoms with Gasteiger partial charge in [-0.1, -0.05) is 38.1 Å². The van der Waals surface area contributed by atoms with Crippen LogP contribution in [-0.4, -0.2) is 10.9 Å². The molecule has 0 unspecified atom stereocenters. The predicted molar refractivity (Wildman–Crippen MR) is 90.9 cm³/mol. The van der Waals surface area contributed by atoms with Crippen LogP contribution >= 0.6 is 0 Å². The van der Waals surface area contributed by atoms with Gasteiger partial charge < -0.3 is 5.32 Å². The van der Waals surface area contributed by atoms with Crippen molar-refractivity contribution in [3.63, 3.8) is 0 Å². The molecule has 116 valence electrons. The number of pyridine rings is 1. The van der Waals surface area contributed by atoms with Gasteiger partial charge in [0.25, 0.3) is 0 Å². The van der Waals surface area contributed by atoms with Gasteiger partial charge in [0.2, 0.25) is 5.91 Å². The number of hydrogen-bond donors (Lipinski definition) is 1. The van der Waals surface area contributed by atoms with Gasteiger partial charge in [-0.05, 0) is 49.4 Å². The Morgan fingerprint density at radius 3 is 2.23 bits per heavy atom. The standard InChI is InChI=1S/C19H24N2O/c1-14(2)13-15-5-7-16(8-6-15)19(3,4)18(22)21-17-9-11-20-12-10-17/h5-12,14H,13H2,1-4H3,(H,20,21,22). The number of nitrogens with one attached hydrogen (secondary N) is 1. The third-order valence-electron chi connectivity index (χ3n) is 3.83. The molecular weight excluding hydrogens is 272 g/mol. The maximum atomic E-state index is 12.6. The Morgan fingerprint density at radius 2 is 1.68 bits per heavy atom. The Morgan fingerprint density at radius 1 is 1.09 bits per heavy atom. The summed E-state index contributed by atoms with van der Waals surface area (Å²) in [6, 6.07) is 11.9. The summed E-state index contributed by atoms with van der Waals surface area (Å²) in [5.41, 5.74) is 2.51. The van der Waals surface area contributed by atoms with Gasteiger partial charge in [-0.2, -0.15) is 0 Å². The lowest BCUT2D eigenvalue weighted by molar-refractivity contribution is -0.120. The van der Waals surface area contributed by atoms with Crippen molar-refractivity contribution in [1.82, 2.24) is 4.98 Å². The first-order valence-electron chi connectivity index (χ1n) is 7.70. The first-order chi connectivity index (χ1) is 10.4. The molecule has 0 spiro atoms. The van der Waals surface area contributed by atoms with Crippen molar-refractivity contribution in [3.05, 3.63) is 59.9 Å². The molecule has 0 aliphatic rings. The second kappa shape index (κ2) is 6.73. The Balaban J connectivity index is 2.13. The smallest absolute Gasteiger partial charge is 0.234 e. The van der Waals surface area contributed by atoms with Gasteiger partial charge in [0, 0.05) is 18.1 Å². The molecular formula is C19H24N2O. The molecule has 0 fully saturated rings. The van der Waals surface area contributed by atoms with E-state index in [4.69, 9.17) is 0 Å². The number of amides is 1. The predicted octanol–water partition coefficient (Wildman–Crippen LogP) is 4.20. The minimum atomic E-state index is -0.584. The lowest BCUT2D eigenvalue weighted by atomic mass is 9.83. The molecule has 1 aromatic heterocycles. The second-order valence-electron chi connectivity index (χ2n) is 6.61. The molecule has 2 rings (SSSR count). The van der Waals surface area contributed by atoms with E-state index in [9.17, 15) is 4.79 Å². The number of nitrogens with zero attached hydrogens (tertiary/aromatic N) is 1. The summed E-state index contributed by atoms with van der Waals surface area (Å²) in [7, 11) is 0. The Kier molecular flexibility index (Phi) is 4.96. The average Bonchev–Trinajstić information content (AvgIpc) is 2.48. The number of aromatic nitrogens is 1. The first-order valence-corrected chi connectivity index (χ1v) is 7.70. The molecule has 2 aromatic rings. The van der Waals surface area contributed by atoms with Crippen molar-refractivity contribution in [2.45, 2.75) is 39.5 Å². The SMILES string of the molecule is CC(C)Cc1ccc(C(C)(C)C(=O)Nc2ccncc2)cc1. The number of hydrogen-bond acceptors (Lipinski definition) is 2. The van der Waals surface area contributed by atoms with E-state index in [0.717, 1.165) is 17.7 Å². The van der Waals surface area contributed by atoms with Gasteiger partial charge in [-0.3, -0.25) is 9.78 Å². The molecule has 0 bridgehead atoms. The van der Waals surface area contributed by atoms with Crippen LogP contribution in [0, 0.1) is 5.92 Å². The number of carbonyl (C=O) groups is 1. The lowest BCUT2D eigenvalue weighted by Crippen LogP contribution is -2.34. The maximum Gasteiger partial charge on any atom is 0.234 e. The number of benzene rings is 1. The maximum absolute atomic E-state index is 12.6. The molecule has 1 amide bonds. The largest absolute Gasteiger partial charge is 0.325 e. The highest BCUT2D eigenvalue weighted by Crippen LogP contribution is 2.26. The zero-order valence-electron chi connectivity index (χ0n) is 13.8. The summed E-state index contributed by atoms with van der Waals surface area (Å²) in [5.74, 6) is 0.615. The third kappa shape index (κ3) is 3.94. The van der Waals surface area contributed by atoms with Crippen LogP contribution in [0.4, 0.5) is 5.69 Å². The summed E-state index contributed by atoms with van der Waals surface area (Å²) < 4.78 is 0. The average molecular weight is 296 g/mol. The van der Waals surface area contributed by atoms with Gasteiger partial charge in [-0.25, -0.2) is 0 Å². The van der Waals surface area contributed by atoms with E-state index in [2.05, 4.69) is 48.4 Å². The van der Waals surface area contributed by atoms with Gasteiger partial charge >= 0.3 is 0 Å². The van der Waals surface area contributed by atoms with Crippen LogP contribution in [0.15, 0.2) is 48.8 Å². The summed E-state index contributed by atoms with van der Waals surface area (Å²) >= 11 is 0. The fourth-order valence-corrected chi connectivity index (χ4v) is 2.38. The quantitative estimate of drug-likeness (QED) is 0.898. The van der Waals surface area contributed by atoms with Gasteiger partial charge in [0.05, 0.1) is 5.41 Å².